The number of rotatable bonds is 6. The maximum Gasteiger partial charge on any atom is 1.00 e. The average Bonchev–Trinajstić information content (AvgIpc) is 3.03. The summed E-state index contributed by atoms with van der Waals surface area (Å²) >= 11 is 0. The van der Waals surface area contributed by atoms with Crippen molar-refractivity contribution >= 4 is 16.9 Å². The Balaban J connectivity index is 0.00000182. The number of ether oxygens (including phenoxy) is 1. The summed E-state index contributed by atoms with van der Waals surface area (Å²) in [5, 5.41) is 20.1. The first-order valence-corrected chi connectivity index (χ1v) is 8.11. The van der Waals surface area contributed by atoms with Gasteiger partial charge in [-0.25, -0.2) is 4.79 Å². The van der Waals surface area contributed by atoms with E-state index in [4.69, 9.17) is 14.3 Å². The topological polar surface area (TPSA) is 79.9 Å². The average molecular weight is 364 g/mol. The number of hydrogen-bond donors (Lipinski definition) is 2. The van der Waals surface area contributed by atoms with Crippen LogP contribution >= 0.6 is 0 Å². The molecule has 2 N–H and O–H groups in total. The fourth-order valence-corrected chi connectivity index (χ4v) is 2.56. The van der Waals surface area contributed by atoms with Crippen LogP contribution in [-0.2, 0) is 0 Å². The van der Waals surface area contributed by atoms with E-state index in [1.54, 1.807) is 12.1 Å². The zero-order chi connectivity index (χ0) is 18.0. The molecule has 0 saturated heterocycles. The molecule has 0 bridgehead atoms. The van der Waals surface area contributed by atoms with Crippen LogP contribution in [0.2, 0.25) is 0 Å². The molecule has 3 aromatic rings. The molecule has 0 fully saturated rings. The molecule has 3 rings (SSSR count). The van der Waals surface area contributed by atoms with Crippen molar-refractivity contribution in [2.75, 3.05) is 6.61 Å². The quantitative estimate of drug-likeness (QED) is 0.648. The van der Waals surface area contributed by atoms with E-state index in [9.17, 15) is 9.90 Å². The minimum atomic E-state index is -0.991. The third-order valence-electron chi connectivity index (χ3n) is 4.06. The van der Waals surface area contributed by atoms with Crippen molar-refractivity contribution < 1.29 is 55.1 Å². The van der Waals surface area contributed by atoms with Crippen LogP contribution in [0, 0.1) is 0 Å². The Morgan fingerprint density at radius 1 is 1.15 bits per heavy atom. The standard InChI is InChI=1S/C20H20O5.Na.H/c1-12(2)14-5-8-18-15(9-14)10-19(25-18)17(21)11-24-16-6-3-13(4-7-16)20(22)23;;/h3-10,12,17,21H,11H2,1-2H3,(H,22,23);;/q;+1;-1. The molecule has 0 radical (unpaired) electrons. The third kappa shape index (κ3) is 4.68. The summed E-state index contributed by atoms with van der Waals surface area (Å²) in [5.41, 5.74) is 2.12. The van der Waals surface area contributed by atoms with Gasteiger partial charge >= 0.3 is 35.5 Å². The van der Waals surface area contributed by atoms with Crippen LogP contribution in [-0.4, -0.2) is 22.8 Å². The molecule has 5 nitrogen and oxygen atoms in total. The molecular weight excluding hydrogens is 343 g/mol. The van der Waals surface area contributed by atoms with Gasteiger partial charge in [0, 0.05) is 5.39 Å². The number of furan rings is 1. The monoisotopic (exact) mass is 364 g/mol. The molecule has 2 aromatic carbocycles. The molecular formula is C20H21NaO5. The van der Waals surface area contributed by atoms with Gasteiger partial charge in [-0.2, -0.15) is 0 Å². The second kappa shape index (κ2) is 8.73. The Bertz CT molecular complexity index is 889. The van der Waals surface area contributed by atoms with Crippen LogP contribution in [0.3, 0.4) is 0 Å². The van der Waals surface area contributed by atoms with E-state index in [1.165, 1.54) is 17.7 Å². The van der Waals surface area contributed by atoms with Gasteiger partial charge in [0.1, 0.15) is 29.8 Å². The molecule has 0 aliphatic carbocycles. The molecule has 1 aromatic heterocycles. The van der Waals surface area contributed by atoms with Crippen LogP contribution in [0.15, 0.2) is 52.9 Å². The van der Waals surface area contributed by atoms with Crippen LogP contribution in [0.4, 0.5) is 0 Å². The van der Waals surface area contributed by atoms with Crippen molar-refractivity contribution in [2.24, 2.45) is 0 Å². The van der Waals surface area contributed by atoms with Crippen molar-refractivity contribution in [3.63, 3.8) is 0 Å². The molecule has 0 aliphatic heterocycles. The number of benzene rings is 2. The van der Waals surface area contributed by atoms with E-state index < -0.39 is 12.1 Å². The first-order chi connectivity index (χ1) is 11.9. The third-order valence-corrected chi connectivity index (χ3v) is 4.06. The minimum absolute atomic E-state index is 0. The largest absolute Gasteiger partial charge is 1.00 e. The number of aromatic carboxylic acids is 1. The number of carboxylic acid groups (broad SMARTS) is 1. The Hall–Kier alpha value is -1.79. The first kappa shape index (κ1) is 20.5. The Morgan fingerprint density at radius 3 is 2.46 bits per heavy atom. The summed E-state index contributed by atoms with van der Waals surface area (Å²) in [6.07, 6.45) is -0.908. The maximum atomic E-state index is 10.8. The van der Waals surface area contributed by atoms with Gasteiger partial charge in [-0.1, -0.05) is 19.9 Å². The Labute approximate surface area is 175 Å². The predicted octanol–water partition coefficient (Wildman–Crippen LogP) is 1.48. The van der Waals surface area contributed by atoms with Gasteiger partial charge in [-0.3, -0.25) is 0 Å². The number of fused-ring (bicyclic) bond motifs is 1. The van der Waals surface area contributed by atoms with E-state index in [0.29, 0.717) is 17.4 Å². The Kier molecular flexibility index (Phi) is 6.89. The summed E-state index contributed by atoms with van der Waals surface area (Å²) in [6, 6.07) is 13.8. The molecule has 1 heterocycles. The summed E-state index contributed by atoms with van der Waals surface area (Å²) in [6.45, 7) is 4.27. The molecule has 6 heteroatoms. The second-order valence-electron chi connectivity index (χ2n) is 6.26. The van der Waals surface area contributed by atoms with Crippen molar-refractivity contribution in [3.05, 3.63) is 65.4 Å². The summed E-state index contributed by atoms with van der Waals surface area (Å²) in [5.74, 6) is 0.361. The van der Waals surface area contributed by atoms with Crippen molar-refractivity contribution in [1.82, 2.24) is 0 Å². The van der Waals surface area contributed by atoms with Crippen molar-refractivity contribution in [3.8, 4) is 5.75 Å². The van der Waals surface area contributed by atoms with Gasteiger partial charge in [0.25, 0.3) is 0 Å². The number of carboxylic acids is 1. The van der Waals surface area contributed by atoms with E-state index in [1.807, 2.05) is 18.2 Å². The van der Waals surface area contributed by atoms with Crippen LogP contribution < -0.4 is 34.3 Å². The molecule has 0 amide bonds. The van der Waals surface area contributed by atoms with Gasteiger partial charge in [-0.05, 0) is 53.9 Å². The van der Waals surface area contributed by atoms with Gasteiger partial charge in [0.2, 0.25) is 0 Å². The fraction of sp³-hybridized carbons (Fsp3) is 0.250. The first-order valence-electron chi connectivity index (χ1n) is 8.11. The number of hydrogen-bond acceptors (Lipinski definition) is 4. The van der Waals surface area contributed by atoms with Crippen LogP contribution in [0.5, 0.6) is 5.75 Å². The molecule has 26 heavy (non-hydrogen) atoms. The van der Waals surface area contributed by atoms with Gasteiger partial charge in [0.05, 0.1) is 5.56 Å². The predicted molar refractivity (Wildman–Crippen MR) is 95.3 cm³/mol. The summed E-state index contributed by atoms with van der Waals surface area (Å²) in [4.78, 5) is 10.8. The number of aliphatic hydroxyl groups is 1. The fourth-order valence-electron chi connectivity index (χ4n) is 2.56. The zero-order valence-corrected chi connectivity index (χ0v) is 17.1. The van der Waals surface area contributed by atoms with E-state index in [0.717, 1.165) is 11.0 Å². The molecule has 0 saturated carbocycles. The van der Waals surface area contributed by atoms with Crippen molar-refractivity contribution in [2.45, 2.75) is 25.9 Å². The van der Waals surface area contributed by atoms with Gasteiger partial charge < -0.3 is 20.8 Å². The smallest absolute Gasteiger partial charge is 1.00 e. The summed E-state index contributed by atoms with van der Waals surface area (Å²) < 4.78 is 11.2. The molecule has 0 spiro atoms. The molecule has 0 aliphatic rings. The van der Waals surface area contributed by atoms with E-state index >= 15 is 0 Å². The normalized spacial score (nSPS) is 12.0. The van der Waals surface area contributed by atoms with E-state index in [-0.39, 0.29) is 43.2 Å². The van der Waals surface area contributed by atoms with Crippen LogP contribution in [0.25, 0.3) is 11.0 Å². The second-order valence-corrected chi connectivity index (χ2v) is 6.26. The van der Waals surface area contributed by atoms with Gasteiger partial charge in [-0.15, -0.1) is 0 Å². The molecule has 1 atom stereocenters. The van der Waals surface area contributed by atoms with Crippen LogP contribution in [0.1, 0.15) is 49.0 Å². The SMILES string of the molecule is CC(C)c1ccc2oc(C(O)COc3ccc(C(=O)O)cc3)cc2c1.[H-].[Na+]. The summed E-state index contributed by atoms with van der Waals surface area (Å²) in [7, 11) is 0. The zero-order valence-electron chi connectivity index (χ0n) is 16.1. The minimum Gasteiger partial charge on any atom is -1.00 e. The van der Waals surface area contributed by atoms with Gasteiger partial charge in [0.15, 0.2) is 0 Å². The Morgan fingerprint density at radius 2 is 1.85 bits per heavy atom. The van der Waals surface area contributed by atoms with Crippen molar-refractivity contribution in [1.29, 1.82) is 0 Å². The van der Waals surface area contributed by atoms with E-state index in [2.05, 4.69) is 19.9 Å². The molecule has 1 unspecified atom stereocenters. The molecule has 132 valence electrons. The number of aliphatic hydroxyl groups excluding tert-OH is 1. The number of carbonyl (C=O) groups is 1. The maximum absolute atomic E-state index is 10.8.